The number of carbonyl (C=O) groups excluding carboxylic acids is 1. The van der Waals surface area contributed by atoms with Gasteiger partial charge >= 0.3 is 0 Å². The number of hydrogen-bond acceptors (Lipinski definition) is 4. The summed E-state index contributed by atoms with van der Waals surface area (Å²) in [5.74, 6) is 0.469. The van der Waals surface area contributed by atoms with Crippen molar-refractivity contribution in [1.82, 2.24) is 5.32 Å². The topological polar surface area (TPSA) is 72.5 Å². The molecule has 1 saturated heterocycles. The van der Waals surface area contributed by atoms with Crippen LogP contribution in [0.3, 0.4) is 0 Å². The van der Waals surface area contributed by atoms with E-state index in [9.17, 15) is 13.2 Å². The molecule has 1 amide bonds. The van der Waals surface area contributed by atoms with Crippen LogP contribution in [0.4, 0.5) is 0 Å². The van der Waals surface area contributed by atoms with Gasteiger partial charge < -0.3 is 10.1 Å². The molecule has 2 rings (SSSR count). The second kappa shape index (κ2) is 6.93. The van der Waals surface area contributed by atoms with E-state index < -0.39 is 21.0 Å². The Morgan fingerprint density at radius 2 is 2.19 bits per heavy atom. The van der Waals surface area contributed by atoms with Crippen LogP contribution in [-0.4, -0.2) is 31.9 Å². The van der Waals surface area contributed by atoms with Gasteiger partial charge in [0.15, 0.2) is 9.84 Å². The fourth-order valence-electron chi connectivity index (χ4n) is 2.46. The van der Waals surface area contributed by atoms with Gasteiger partial charge in [0.2, 0.25) is 5.91 Å². The van der Waals surface area contributed by atoms with Gasteiger partial charge in [0.05, 0.1) is 12.4 Å². The summed E-state index contributed by atoms with van der Waals surface area (Å²) in [6.45, 7) is 2.80. The number of rotatable bonds is 5. The monoisotopic (exact) mass is 311 g/mol. The summed E-state index contributed by atoms with van der Waals surface area (Å²) in [6.07, 6.45) is 1.87. The zero-order chi connectivity index (χ0) is 15.3. The van der Waals surface area contributed by atoms with Gasteiger partial charge in [-0.25, -0.2) is 8.42 Å². The molecule has 116 valence electrons. The molecular weight excluding hydrogens is 290 g/mol. The van der Waals surface area contributed by atoms with Crippen molar-refractivity contribution in [1.29, 1.82) is 0 Å². The molecule has 6 heteroatoms. The van der Waals surface area contributed by atoms with Crippen molar-refractivity contribution < 1.29 is 17.9 Å². The molecule has 0 bridgehead atoms. The van der Waals surface area contributed by atoms with Gasteiger partial charge in [-0.15, -0.1) is 0 Å². The fourth-order valence-corrected chi connectivity index (χ4v) is 4.29. The maximum atomic E-state index is 12.1. The Kier molecular flexibility index (Phi) is 5.22. The summed E-state index contributed by atoms with van der Waals surface area (Å²) in [5.41, 5.74) is 0.891. The fraction of sp³-hybridized carbons (Fsp3) is 0.533. The van der Waals surface area contributed by atoms with Crippen LogP contribution in [0.25, 0.3) is 0 Å². The lowest BCUT2D eigenvalue weighted by molar-refractivity contribution is -0.121. The number of amides is 1. The Morgan fingerprint density at radius 3 is 2.90 bits per heavy atom. The van der Waals surface area contributed by atoms with Crippen molar-refractivity contribution in [2.24, 2.45) is 0 Å². The number of sulfone groups is 1. The van der Waals surface area contributed by atoms with E-state index in [-0.39, 0.29) is 5.75 Å². The highest BCUT2D eigenvalue weighted by atomic mass is 32.2. The van der Waals surface area contributed by atoms with E-state index in [1.165, 1.54) is 0 Å². The van der Waals surface area contributed by atoms with Gasteiger partial charge in [0.1, 0.15) is 11.0 Å². The van der Waals surface area contributed by atoms with E-state index in [2.05, 4.69) is 5.32 Å². The van der Waals surface area contributed by atoms with Crippen LogP contribution in [0.1, 0.15) is 31.7 Å². The van der Waals surface area contributed by atoms with Gasteiger partial charge in [-0.3, -0.25) is 4.79 Å². The van der Waals surface area contributed by atoms with Crippen molar-refractivity contribution in [3.05, 3.63) is 29.8 Å². The maximum absolute atomic E-state index is 12.1. The minimum atomic E-state index is -3.28. The number of nitrogens with one attached hydrogen (secondary N) is 1. The summed E-state index contributed by atoms with van der Waals surface area (Å²) in [7, 11) is -3.28. The van der Waals surface area contributed by atoms with Gasteiger partial charge in [0.25, 0.3) is 0 Å². The molecule has 1 aromatic carbocycles. The quantitative estimate of drug-likeness (QED) is 0.898. The van der Waals surface area contributed by atoms with E-state index in [1.807, 2.05) is 31.2 Å². The Morgan fingerprint density at radius 1 is 1.38 bits per heavy atom. The summed E-state index contributed by atoms with van der Waals surface area (Å²) < 4.78 is 29.2. The van der Waals surface area contributed by atoms with Gasteiger partial charge in [-0.2, -0.15) is 0 Å². The number of hydrogen-bond donors (Lipinski definition) is 1. The van der Waals surface area contributed by atoms with E-state index in [4.69, 9.17) is 4.74 Å². The highest BCUT2D eigenvalue weighted by Crippen LogP contribution is 2.20. The molecule has 0 spiro atoms. The molecular formula is C15H21NO4S. The Bertz CT molecular complexity index is 597. The lowest BCUT2D eigenvalue weighted by Gasteiger charge is -2.21. The summed E-state index contributed by atoms with van der Waals surface area (Å²) >= 11 is 0. The standard InChI is InChI=1S/C15H21NO4S/c1-2-20-13-7-5-6-12(10-13)11-16-15(17)14-8-3-4-9-21(14,18)19/h5-7,10,14H,2-4,8-9,11H2,1H3,(H,16,17)/t14-/m1/s1. The summed E-state index contributed by atoms with van der Waals surface area (Å²) in [6, 6.07) is 7.42. The lowest BCUT2D eigenvalue weighted by atomic mass is 10.1. The first kappa shape index (κ1) is 15.8. The lowest BCUT2D eigenvalue weighted by Crippen LogP contribution is -2.42. The zero-order valence-corrected chi connectivity index (χ0v) is 13.0. The molecule has 21 heavy (non-hydrogen) atoms. The Hall–Kier alpha value is -1.56. The minimum absolute atomic E-state index is 0.116. The predicted molar refractivity (Wildman–Crippen MR) is 80.9 cm³/mol. The third-order valence-electron chi connectivity index (χ3n) is 3.55. The Labute approximate surface area is 125 Å². The van der Waals surface area contributed by atoms with Crippen molar-refractivity contribution in [3.63, 3.8) is 0 Å². The Balaban J connectivity index is 1.96. The number of ether oxygens (including phenoxy) is 1. The third-order valence-corrected chi connectivity index (χ3v) is 5.72. The number of benzene rings is 1. The van der Waals surface area contributed by atoms with E-state index in [0.29, 0.717) is 26.0 Å². The van der Waals surface area contributed by atoms with Crippen molar-refractivity contribution in [2.45, 2.75) is 38.0 Å². The molecule has 1 heterocycles. The van der Waals surface area contributed by atoms with Crippen LogP contribution in [0.5, 0.6) is 5.75 Å². The van der Waals surface area contributed by atoms with E-state index >= 15 is 0 Å². The molecule has 1 aromatic rings. The second-order valence-corrected chi connectivity index (χ2v) is 7.45. The van der Waals surface area contributed by atoms with Crippen molar-refractivity contribution in [2.75, 3.05) is 12.4 Å². The first-order valence-electron chi connectivity index (χ1n) is 7.24. The largest absolute Gasteiger partial charge is 0.494 e. The van der Waals surface area contributed by atoms with Crippen LogP contribution >= 0.6 is 0 Å². The van der Waals surface area contributed by atoms with Gasteiger partial charge in [0, 0.05) is 6.54 Å². The summed E-state index contributed by atoms with van der Waals surface area (Å²) in [4.78, 5) is 12.1. The van der Waals surface area contributed by atoms with E-state index in [1.54, 1.807) is 0 Å². The smallest absolute Gasteiger partial charge is 0.238 e. The zero-order valence-electron chi connectivity index (χ0n) is 12.2. The minimum Gasteiger partial charge on any atom is -0.494 e. The first-order valence-corrected chi connectivity index (χ1v) is 8.95. The van der Waals surface area contributed by atoms with Crippen LogP contribution < -0.4 is 10.1 Å². The molecule has 0 aromatic heterocycles. The normalized spacial score (nSPS) is 20.7. The average Bonchev–Trinajstić information content (AvgIpc) is 2.45. The molecule has 1 fully saturated rings. The second-order valence-electron chi connectivity index (χ2n) is 5.15. The van der Waals surface area contributed by atoms with Crippen LogP contribution in [0.15, 0.2) is 24.3 Å². The molecule has 5 nitrogen and oxygen atoms in total. The van der Waals surface area contributed by atoms with Crippen molar-refractivity contribution in [3.8, 4) is 5.75 Å². The average molecular weight is 311 g/mol. The molecule has 0 radical (unpaired) electrons. The molecule has 0 unspecified atom stereocenters. The number of carbonyl (C=O) groups is 1. The predicted octanol–water partition coefficient (Wildman–Crippen LogP) is 1.67. The SMILES string of the molecule is CCOc1cccc(CNC(=O)[C@H]2CCCCS2(=O)=O)c1. The van der Waals surface area contributed by atoms with Gasteiger partial charge in [-0.1, -0.05) is 18.6 Å². The molecule has 1 aliphatic heterocycles. The summed E-state index contributed by atoms with van der Waals surface area (Å²) in [5, 5.41) is 1.83. The van der Waals surface area contributed by atoms with Crippen LogP contribution in [0.2, 0.25) is 0 Å². The highest BCUT2D eigenvalue weighted by Gasteiger charge is 2.34. The van der Waals surface area contributed by atoms with Crippen LogP contribution in [0, 0.1) is 0 Å². The molecule has 1 aliphatic rings. The maximum Gasteiger partial charge on any atom is 0.238 e. The molecule has 1 N–H and O–H groups in total. The van der Waals surface area contributed by atoms with Crippen LogP contribution in [-0.2, 0) is 21.2 Å². The molecule has 0 saturated carbocycles. The molecule has 0 aliphatic carbocycles. The third kappa shape index (κ3) is 4.20. The van der Waals surface area contributed by atoms with Gasteiger partial charge in [-0.05, 0) is 37.5 Å². The van der Waals surface area contributed by atoms with Crippen molar-refractivity contribution >= 4 is 15.7 Å². The first-order chi connectivity index (χ1) is 10.0. The molecule has 1 atom stereocenters. The van der Waals surface area contributed by atoms with E-state index in [0.717, 1.165) is 17.7 Å². The highest BCUT2D eigenvalue weighted by molar-refractivity contribution is 7.92.